The molecule has 0 aliphatic carbocycles. The Kier molecular flexibility index (Phi) is 4.11. The first kappa shape index (κ1) is 18.4. The van der Waals surface area contributed by atoms with Gasteiger partial charge in [0.1, 0.15) is 5.69 Å². The zero-order valence-corrected chi connectivity index (χ0v) is 17.1. The minimum Gasteiger partial charge on any atom is -0.351 e. The van der Waals surface area contributed by atoms with Crippen molar-refractivity contribution in [1.82, 2.24) is 20.2 Å². The highest BCUT2D eigenvalue weighted by Gasteiger charge is 2.31. The molecule has 6 rings (SSSR count). The average Bonchev–Trinajstić information content (AvgIpc) is 3.40. The van der Waals surface area contributed by atoms with Crippen LogP contribution in [-0.2, 0) is 11.3 Å². The topological polar surface area (TPSA) is 78.9 Å². The van der Waals surface area contributed by atoms with Gasteiger partial charge in [0.05, 0.1) is 11.2 Å². The number of para-hydroxylation sites is 2. The van der Waals surface area contributed by atoms with Crippen LogP contribution in [0.5, 0.6) is 0 Å². The standard InChI is InChI=1S/C26H20N4O2/c31-25(21-13-17-9-4-5-12-20(17)28-21)29-24-26(32)27-15-19-11-6-10-18-14-22(30(24)23(18)19)16-7-2-1-3-8-16/h1-14,24,28H,15H2,(H,27,32)(H,29,31)/t24-/m0/s1. The van der Waals surface area contributed by atoms with E-state index in [1.165, 1.54) is 0 Å². The van der Waals surface area contributed by atoms with Gasteiger partial charge in [-0.05, 0) is 29.3 Å². The fraction of sp³-hybridized carbons (Fsp3) is 0.0769. The van der Waals surface area contributed by atoms with Gasteiger partial charge in [0.15, 0.2) is 6.17 Å². The first-order valence-electron chi connectivity index (χ1n) is 10.5. The maximum atomic E-state index is 13.2. The molecule has 3 N–H and O–H groups in total. The lowest BCUT2D eigenvalue weighted by Crippen LogP contribution is -2.42. The lowest BCUT2D eigenvalue weighted by Gasteiger charge is -2.21. The third-order valence-corrected chi connectivity index (χ3v) is 6.02. The van der Waals surface area contributed by atoms with Crippen molar-refractivity contribution in [2.75, 3.05) is 0 Å². The number of hydrogen-bond acceptors (Lipinski definition) is 2. The summed E-state index contributed by atoms with van der Waals surface area (Å²) >= 11 is 0. The molecule has 0 fully saturated rings. The summed E-state index contributed by atoms with van der Waals surface area (Å²) in [6.45, 7) is 0.410. The van der Waals surface area contributed by atoms with Gasteiger partial charge in [-0.3, -0.25) is 9.59 Å². The number of benzene rings is 3. The van der Waals surface area contributed by atoms with Crippen molar-refractivity contribution >= 4 is 33.6 Å². The SMILES string of the molecule is O=C(N[C@@H]1C(=O)NCc2cccc3cc(-c4ccccc4)n1c23)c1cc2ccccc2[nH]1. The smallest absolute Gasteiger partial charge is 0.269 e. The molecule has 0 saturated carbocycles. The largest absolute Gasteiger partial charge is 0.351 e. The maximum Gasteiger partial charge on any atom is 0.269 e. The second-order valence-corrected chi connectivity index (χ2v) is 7.98. The second kappa shape index (κ2) is 7.13. The minimum atomic E-state index is -0.884. The number of hydrogen-bond donors (Lipinski definition) is 3. The summed E-state index contributed by atoms with van der Waals surface area (Å²) in [6.07, 6.45) is -0.884. The number of fused-ring (bicyclic) bond motifs is 1. The van der Waals surface area contributed by atoms with E-state index in [4.69, 9.17) is 0 Å². The van der Waals surface area contributed by atoms with E-state index in [-0.39, 0.29) is 11.8 Å². The maximum absolute atomic E-state index is 13.2. The second-order valence-electron chi connectivity index (χ2n) is 7.98. The number of H-pyrrole nitrogens is 1. The van der Waals surface area contributed by atoms with Crippen LogP contribution in [0.3, 0.4) is 0 Å². The predicted molar refractivity (Wildman–Crippen MR) is 124 cm³/mol. The number of aromatic nitrogens is 2. The molecule has 1 aliphatic rings. The zero-order valence-electron chi connectivity index (χ0n) is 17.1. The molecule has 0 saturated heterocycles. The van der Waals surface area contributed by atoms with Crippen molar-refractivity contribution in [2.45, 2.75) is 12.7 Å². The minimum absolute atomic E-state index is 0.250. The molecule has 2 aromatic heterocycles. The molecular formula is C26H20N4O2. The number of nitrogens with zero attached hydrogens (tertiary/aromatic N) is 1. The molecule has 0 unspecified atom stereocenters. The molecule has 6 nitrogen and oxygen atoms in total. The van der Waals surface area contributed by atoms with Gasteiger partial charge in [0.25, 0.3) is 11.8 Å². The average molecular weight is 420 g/mol. The van der Waals surface area contributed by atoms with Crippen LogP contribution in [0.2, 0.25) is 0 Å². The molecule has 3 aromatic carbocycles. The Morgan fingerprint density at radius 2 is 1.69 bits per heavy atom. The molecule has 156 valence electrons. The highest BCUT2D eigenvalue weighted by molar-refractivity contribution is 6.01. The van der Waals surface area contributed by atoms with Gasteiger partial charge in [-0.2, -0.15) is 0 Å². The molecule has 0 radical (unpaired) electrons. The van der Waals surface area contributed by atoms with E-state index in [1.54, 1.807) is 6.07 Å². The van der Waals surface area contributed by atoms with E-state index < -0.39 is 6.17 Å². The summed E-state index contributed by atoms with van der Waals surface area (Å²) in [6, 6.07) is 27.5. The molecule has 3 heterocycles. The first-order chi connectivity index (χ1) is 15.7. The highest BCUT2D eigenvalue weighted by atomic mass is 16.2. The number of rotatable bonds is 3. The molecule has 6 heteroatoms. The van der Waals surface area contributed by atoms with Gasteiger partial charge in [0.2, 0.25) is 0 Å². The van der Waals surface area contributed by atoms with Crippen LogP contribution >= 0.6 is 0 Å². The molecule has 32 heavy (non-hydrogen) atoms. The summed E-state index contributed by atoms with van der Waals surface area (Å²) in [5.74, 6) is -0.582. The Balaban J connectivity index is 1.49. The predicted octanol–water partition coefficient (Wildman–Crippen LogP) is 4.35. The molecule has 0 spiro atoms. The van der Waals surface area contributed by atoms with Crippen molar-refractivity contribution in [2.24, 2.45) is 0 Å². The lowest BCUT2D eigenvalue weighted by molar-refractivity contribution is -0.124. The fourth-order valence-corrected chi connectivity index (χ4v) is 4.52. The molecule has 5 aromatic rings. The van der Waals surface area contributed by atoms with Gasteiger partial charge in [-0.15, -0.1) is 0 Å². The van der Waals surface area contributed by atoms with E-state index in [0.29, 0.717) is 12.2 Å². The van der Waals surface area contributed by atoms with Crippen molar-refractivity contribution in [3.05, 3.63) is 96.2 Å². The van der Waals surface area contributed by atoms with Crippen LogP contribution < -0.4 is 10.6 Å². The molecular weight excluding hydrogens is 400 g/mol. The number of nitrogens with one attached hydrogen (secondary N) is 3. The highest BCUT2D eigenvalue weighted by Crippen LogP contribution is 2.34. The number of amides is 2. The van der Waals surface area contributed by atoms with Crippen LogP contribution in [0, 0.1) is 0 Å². The monoisotopic (exact) mass is 420 g/mol. The van der Waals surface area contributed by atoms with E-state index in [9.17, 15) is 9.59 Å². The summed E-state index contributed by atoms with van der Waals surface area (Å²) < 4.78 is 1.95. The van der Waals surface area contributed by atoms with Crippen LogP contribution in [0.1, 0.15) is 22.2 Å². The van der Waals surface area contributed by atoms with Crippen LogP contribution in [0.4, 0.5) is 0 Å². The molecule has 2 amide bonds. The number of carbonyl (C=O) groups is 2. The molecule has 1 aliphatic heterocycles. The Bertz CT molecular complexity index is 1460. The lowest BCUT2D eigenvalue weighted by atomic mass is 10.1. The van der Waals surface area contributed by atoms with Gasteiger partial charge < -0.3 is 20.2 Å². The van der Waals surface area contributed by atoms with Crippen molar-refractivity contribution in [1.29, 1.82) is 0 Å². The normalized spacial score (nSPS) is 15.5. The van der Waals surface area contributed by atoms with Gasteiger partial charge >= 0.3 is 0 Å². The van der Waals surface area contributed by atoms with Crippen LogP contribution in [0.15, 0.2) is 84.9 Å². The summed E-state index contributed by atoms with van der Waals surface area (Å²) in [4.78, 5) is 29.5. The van der Waals surface area contributed by atoms with E-state index in [1.807, 2.05) is 77.4 Å². The van der Waals surface area contributed by atoms with Gasteiger partial charge in [-0.1, -0.05) is 66.7 Å². The summed E-state index contributed by atoms with van der Waals surface area (Å²) in [5, 5.41) is 7.91. The number of aromatic amines is 1. The molecule has 1 atom stereocenters. The van der Waals surface area contributed by atoms with Crippen LogP contribution in [0.25, 0.3) is 33.1 Å². The fourth-order valence-electron chi connectivity index (χ4n) is 4.52. The summed E-state index contributed by atoms with van der Waals surface area (Å²) in [5.41, 5.74) is 5.12. The zero-order chi connectivity index (χ0) is 21.7. The van der Waals surface area contributed by atoms with E-state index in [0.717, 1.165) is 38.6 Å². The third kappa shape index (κ3) is 2.88. The van der Waals surface area contributed by atoms with E-state index >= 15 is 0 Å². The van der Waals surface area contributed by atoms with Crippen molar-refractivity contribution < 1.29 is 9.59 Å². The Morgan fingerprint density at radius 3 is 2.53 bits per heavy atom. The Labute approximate surface area is 183 Å². The Morgan fingerprint density at radius 1 is 0.906 bits per heavy atom. The van der Waals surface area contributed by atoms with Gasteiger partial charge in [-0.25, -0.2) is 0 Å². The van der Waals surface area contributed by atoms with Gasteiger partial charge in [0, 0.05) is 22.8 Å². The van der Waals surface area contributed by atoms with Crippen molar-refractivity contribution in [3.8, 4) is 11.3 Å². The third-order valence-electron chi connectivity index (χ3n) is 6.02. The Hall–Kier alpha value is -4.32. The van der Waals surface area contributed by atoms with Crippen molar-refractivity contribution in [3.63, 3.8) is 0 Å². The van der Waals surface area contributed by atoms with Crippen LogP contribution in [-0.4, -0.2) is 21.4 Å². The summed E-state index contributed by atoms with van der Waals surface area (Å²) in [7, 11) is 0. The quantitative estimate of drug-likeness (QED) is 0.406. The van der Waals surface area contributed by atoms with E-state index in [2.05, 4.69) is 21.7 Å². The molecule has 0 bridgehead atoms. The number of carbonyl (C=O) groups excluding carboxylic acids is 2. The first-order valence-corrected chi connectivity index (χ1v) is 10.5.